The molecule has 8 aromatic carbocycles. The lowest BCUT2D eigenvalue weighted by molar-refractivity contribution is 0.728. The Hall–Kier alpha value is -7.43. The van der Waals surface area contributed by atoms with Crippen molar-refractivity contribution in [1.82, 2.24) is 19.5 Å². The van der Waals surface area contributed by atoms with E-state index in [2.05, 4.69) is 150 Å². The van der Waals surface area contributed by atoms with Gasteiger partial charge in [0.05, 0.1) is 22.1 Å². The van der Waals surface area contributed by atoms with Crippen molar-refractivity contribution in [2.24, 2.45) is 0 Å². The number of hydrogen-bond acceptors (Lipinski definition) is 3. The van der Waals surface area contributed by atoms with E-state index in [1.165, 1.54) is 49.7 Å². The maximum atomic E-state index is 4.97. The summed E-state index contributed by atoms with van der Waals surface area (Å²) in [6.07, 6.45) is 0. The lowest BCUT2D eigenvalue weighted by atomic mass is 9.63. The highest BCUT2D eigenvalue weighted by Crippen LogP contribution is 2.54. The monoisotopic (exact) mass is 714 g/mol. The molecule has 0 amide bonds. The van der Waals surface area contributed by atoms with E-state index in [1.807, 2.05) is 60.7 Å². The molecule has 3 heterocycles. The van der Waals surface area contributed by atoms with Crippen molar-refractivity contribution in [2.45, 2.75) is 5.41 Å². The number of nitrogens with zero attached hydrogens (tertiary/aromatic N) is 4. The summed E-state index contributed by atoms with van der Waals surface area (Å²) in [5.41, 5.74) is 13.2. The summed E-state index contributed by atoms with van der Waals surface area (Å²) >= 11 is 0. The van der Waals surface area contributed by atoms with E-state index < -0.39 is 5.41 Å². The molecule has 0 saturated heterocycles. The van der Waals surface area contributed by atoms with Crippen LogP contribution in [0.15, 0.2) is 206 Å². The summed E-state index contributed by atoms with van der Waals surface area (Å²) < 4.78 is 2.48. The molecule has 1 unspecified atom stereocenters. The number of para-hydroxylation sites is 3. The molecule has 0 radical (unpaired) electrons. The fourth-order valence-electron chi connectivity index (χ4n) is 8.86. The third-order valence-electron chi connectivity index (χ3n) is 11.3. The maximum Gasteiger partial charge on any atom is 0.164 e. The predicted octanol–water partition coefficient (Wildman–Crippen LogP) is 12.3. The Morgan fingerprint density at radius 2 is 0.821 bits per heavy atom. The van der Waals surface area contributed by atoms with E-state index >= 15 is 0 Å². The zero-order valence-electron chi connectivity index (χ0n) is 30.4. The van der Waals surface area contributed by atoms with Gasteiger partial charge in [-0.2, -0.15) is 0 Å². The molecule has 262 valence electrons. The highest BCUT2D eigenvalue weighted by molar-refractivity contribution is 6.12. The van der Waals surface area contributed by atoms with Gasteiger partial charge in [-0.25, -0.2) is 15.0 Å². The molecule has 4 heteroatoms. The van der Waals surface area contributed by atoms with Crippen molar-refractivity contribution >= 4 is 21.8 Å². The molecule has 0 aliphatic carbocycles. The molecule has 56 heavy (non-hydrogen) atoms. The van der Waals surface area contributed by atoms with E-state index in [1.54, 1.807) is 0 Å². The SMILES string of the molecule is c1ccc(-c2nc(-c3ccccc3)nc(-c3ccc(-c4cccc(C5(c6ccccc6)c6ccccc6-n6c7ccccc7c7cccc5c76)c4)cc3)n2)cc1. The molecule has 1 aliphatic heterocycles. The first-order chi connectivity index (χ1) is 27.8. The third kappa shape index (κ3) is 4.89. The normalized spacial score (nSPS) is 14.5. The molecule has 0 fully saturated rings. The first kappa shape index (κ1) is 32.0. The van der Waals surface area contributed by atoms with Crippen LogP contribution in [0.2, 0.25) is 0 Å². The highest BCUT2D eigenvalue weighted by Gasteiger charge is 2.45. The first-order valence-electron chi connectivity index (χ1n) is 19.0. The summed E-state index contributed by atoms with van der Waals surface area (Å²) in [6, 6.07) is 73.6. The molecular formula is C52H34N4. The molecule has 2 aromatic heterocycles. The molecule has 4 nitrogen and oxygen atoms in total. The molecule has 1 aliphatic rings. The lowest BCUT2D eigenvalue weighted by Crippen LogP contribution is -2.35. The predicted molar refractivity (Wildman–Crippen MR) is 228 cm³/mol. The first-order valence-corrected chi connectivity index (χ1v) is 19.0. The van der Waals surface area contributed by atoms with Crippen molar-refractivity contribution in [1.29, 1.82) is 0 Å². The van der Waals surface area contributed by atoms with E-state index in [0.717, 1.165) is 27.8 Å². The van der Waals surface area contributed by atoms with Crippen LogP contribution in [-0.2, 0) is 5.41 Å². The third-order valence-corrected chi connectivity index (χ3v) is 11.3. The Bertz CT molecular complexity index is 3000. The van der Waals surface area contributed by atoms with Crippen molar-refractivity contribution in [2.75, 3.05) is 0 Å². The van der Waals surface area contributed by atoms with Gasteiger partial charge in [0.2, 0.25) is 0 Å². The van der Waals surface area contributed by atoms with Crippen LogP contribution in [-0.4, -0.2) is 19.5 Å². The standard InChI is InChI=1S/C52H34N4/c1-4-16-36(17-5-1)49-53-50(37-18-6-2-7-19-37)55-51(54-49)38-32-30-35(31-33-38)39-20-14-23-41(34-39)52(40-21-8-3-9-22-40)44-26-11-13-29-47(44)56-46-28-12-10-24-42(46)43-25-15-27-45(52)48(43)56/h1-34H. The average Bonchev–Trinajstić information content (AvgIpc) is 3.63. The van der Waals surface area contributed by atoms with E-state index in [-0.39, 0.29) is 0 Å². The van der Waals surface area contributed by atoms with Gasteiger partial charge in [0, 0.05) is 27.5 Å². The zero-order valence-corrected chi connectivity index (χ0v) is 30.4. The highest BCUT2D eigenvalue weighted by atomic mass is 15.0. The van der Waals surface area contributed by atoms with Crippen LogP contribution in [0.25, 0.3) is 72.8 Å². The van der Waals surface area contributed by atoms with Gasteiger partial charge < -0.3 is 4.57 Å². The van der Waals surface area contributed by atoms with Crippen LogP contribution in [0.5, 0.6) is 0 Å². The van der Waals surface area contributed by atoms with Gasteiger partial charge in [-0.1, -0.05) is 188 Å². The zero-order chi connectivity index (χ0) is 37.1. The van der Waals surface area contributed by atoms with Gasteiger partial charge in [-0.05, 0) is 51.6 Å². The van der Waals surface area contributed by atoms with Gasteiger partial charge >= 0.3 is 0 Å². The minimum Gasteiger partial charge on any atom is -0.309 e. The molecule has 1 atom stereocenters. The molecule has 0 saturated carbocycles. The molecule has 0 bridgehead atoms. The van der Waals surface area contributed by atoms with E-state index in [4.69, 9.17) is 15.0 Å². The minimum atomic E-state index is -0.565. The van der Waals surface area contributed by atoms with Crippen LogP contribution < -0.4 is 0 Å². The number of aromatic nitrogens is 4. The van der Waals surface area contributed by atoms with Crippen LogP contribution in [0.1, 0.15) is 22.3 Å². The molecule has 10 aromatic rings. The Morgan fingerprint density at radius 1 is 0.339 bits per heavy atom. The summed E-state index contributed by atoms with van der Waals surface area (Å²) in [7, 11) is 0. The smallest absolute Gasteiger partial charge is 0.164 e. The van der Waals surface area contributed by atoms with Gasteiger partial charge in [-0.15, -0.1) is 0 Å². The van der Waals surface area contributed by atoms with E-state index in [9.17, 15) is 0 Å². The molecule has 0 spiro atoms. The second-order valence-electron chi connectivity index (χ2n) is 14.4. The molecule has 0 N–H and O–H groups in total. The van der Waals surface area contributed by atoms with Gasteiger partial charge in [0.1, 0.15) is 0 Å². The summed E-state index contributed by atoms with van der Waals surface area (Å²) in [6.45, 7) is 0. The average molecular weight is 715 g/mol. The van der Waals surface area contributed by atoms with Crippen molar-refractivity contribution in [3.8, 4) is 51.0 Å². The minimum absolute atomic E-state index is 0.565. The number of benzene rings is 8. The Morgan fingerprint density at radius 3 is 1.52 bits per heavy atom. The second kappa shape index (κ2) is 12.9. The fourth-order valence-corrected chi connectivity index (χ4v) is 8.86. The van der Waals surface area contributed by atoms with Crippen LogP contribution in [0.4, 0.5) is 0 Å². The summed E-state index contributed by atoms with van der Waals surface area (Å²) in [5, 5.41) is 2.53. The van der Waals surface area contributed by atoms with Crippen LogP contribution >= 0.6 is 0 Å². The van der Waals surface area contributed by atoms with Crippen molar-refractivity contribution in [3.05, 3.63) is 229 Å². The Kier molecular flexibility index (Phi) is 7.36. The topological polar surface area (TPSA) is 43.6 Å². The van der Waals surface area contributed by atoms with Gasteiger partial charge in [0.15, 0.2) is 17.5 Å². The van der Waals surface area contributed by atoms with Gasteiger partial charge in [-0.3, -0.25) is 0 Å². The maximum absolute atomic E-state index is 4.97. The van der Waals surface area contributed by atoms with E-state index in [0.29, 0.717) is 17.5 Å². The van der Waals surface area contributed by atoms with Crippen LogP contribution in [0.3, 0.4) is 0 Å². The quantitative estimate of drug-likeness (QED) is 0.172. The van der Waals surface area contributed by atoms with Crippen molar-refractivity contribution < 1.29 is 0 Å². The number of hydrogen-bond donors (Lipinski definition) is 0. The summed E-state index contributed by atoms with van der Waals surface area (Å²) in [4.78, 5) is 14.8. The number of fused-ring (bicyclic) bond motifs is 5. The molecular weight excluding hydrogens is 681 g/mol. The van der Waals surface area contributed by atoms with Crippen LogP contribution in [0, 0.1) is 0 Å². The number of rotatable bonds is 6. The largest absolute Gasteiger partial charge is 0.309 e. The van der Waals surface area contributed by atoms with Crippen molar-refractivity contribution in [3.63, 3.8) is 0 Å². The Labute approximate surface area is 325 Å². The second-order valence-corrected chi connectivity index (χ2v) is 14.4. The summed E-state index contributed by atoms with van der Waals surface area (Å²) in [5.74, 6) is 1.95. The molecule has 11 rings (SSSR count). The lowest BCUT2D eigenvalue weighted by Gasteiger charge is -2.42. The Balaban J connectivity index is 1.08. The fraction of sp³-hybridized carbons (Fsp3) is 0.0192. The van der Waals surface area contributed by atoms with Gasteiger partial charge in [0.25, 0.3) is 0 Å².